The van der Waals surface area contributed by atoms with Gasteiger partial charge in [0.2, 0.25) is 0 Å². The van der Waals surface area contributed by atoms with Crippen molar-refractivity contribution in [1.82, 2.24) is 10.3 Å². The van der Waals surface area contributed by atoms with Crippen LogP contribution in [0.4, 0.5) is 0 Å². The van der Waals surface area contributed by atoms with E-state index in [2.05, 4.69) is 29.0 Å². The average molecular weight is 256 g/mol. The zero-order valence-electron chi connectivity index (χ0n) is 9.87. The lowest BCUT2D eigenvalue weighted by molar-refractivity contribution is 0.599. The van der Waals surface area contributed by atoms with Crippen molar-refractivity contribution in [3.63, 3.8) is 0 Å². The van der Waals surface area contributed by atoms with Crippen molar-refractivity contribution in [3.8, 4) is 0 Å². The second-order valence-electron chi connectivity index (χ2n) is 4.30. The molecule has 2 heterocycles. The minimum absolute atomic E-state index is 0.858. The standard InChI is InChI=1S/C12H20N2S2/c1-10-12(16-9-14-10)5-6-13-8-11-4-2-3-7-15-11/h9,11,13H,2-8H2,1H3. The third-order valence-electron chi connectivity index (χ3n) is 3.02. The van der Waals surface area contributed by atoms with Gasteiger partial charge in [0, 0.05) is 23.2 Å². The SMILES string of the molecule is Cc1ncsc1CCNCC1CCCCS1. The summed E-state index contributed by atoms with van der Waals surface area (Å²) in [5.74, 6) is 1.36. The molecule has 0 radical (unpaired) electrons. The summed E-state index contributed by atoms with van der Waals surface area (Å²) in [4.78, 5) is 5.71. The number of nitrogens with one attached hydrogen (secondary N) is 1. The Balaban J connectivity index is 1.59. The Hall–Kier alpha value is -0.0600. The van der Waals surface area contributed by atoms with Crippen LogP contribution >= 0.6 is 23.1 Å². The van der Waals surface area contributed by atoms with E-state index in [1.165, 1.54) is 42.1 Å². The Bertz CT molecular complexity index is 306. The summed E-state index contributed by atoms with van der Waals surface area (Å²) in [5.41, 5.74) is 3.15. The fourth-order valence-electron chi connectivity index (χ4n) is 2.00. The molecule has 0 aromatic carbocycles. The molecular formula is C12H20N2S2. The van der Waals surface area contributed by atoms with Gasteiger partial charge in [0.15, 0.2) is 0 Å². The molecule has 0 saturated carbocycles. The summed E-state index contributed by atoms with van der Waals surface area (Å²) in [5, 5.41) is 4.44. The molecule has 1 unspecified atom stereocenters. The number of aromatic nitrogens is 1. The number of hydrogen-bond acceptors (Lipinski definition) is 4. The molecule has 1 atom stereocenters. The van der Waals surface area contributed by atoms with E-state index in [1.807, 2.05) is 5.51 Å². The van der Waals surface area contributed by atoms with Crippen molar-refractivity contribution in [2.75, 3.05) is 18.8 Å². The van der Waals surface area contributed by atoms with Crippen molar-refractivity contribution >= 4 is 23.1 Å². The van der Waals surface area contributed by atoms with Crippen LogP contribution in [0.25, 0.3) is 0 Å². The largest absolute Gasteiger partial charge is 0.315 e. The van der Waals surface area contributed by atoms with Gasteiger partial charge in [0.1, 0.15) is 0 Å². The van der Waals surface area contributed by atoms with Crippen LogP contribution in [0.15, 0.2) is 5.51 Å². The van der Waals surface area contributed by atoms with E-state index < -0.39 is 0 Å². The first-order chi connectivity index (χ1) is 7.86. The maximum absolute atomic E-state index is 4.27. The van der Waals surface area contributed by atoms with E-state index in [0.717, 1.165) is 18.2 Å². The van der Waals surface area contributed by atoms with Gasteiger partial charge in [0.05, 0.1) is 11.2 Å². The van der Waals surface area contributed by atoms with Gasteiger partial charge in [-0.3, -0.25) is 0 Å². The minimum atomic E-state index is 0.858. The Kier molecular flexibility index (Phi) is 5.13. The number of thiazole rings is 1. The van der Waals surface area contributed by atoms with E-state index in [4.69, 9.17) is 0 Å². The number of nitrogens with zero attached hydrogens (tertiary/aromatic N) is 1. The molecule has 2 rings (SSSR count). The van der Waals surface area contributed by atoms with E-state index in [9.17, 15) is 0 Å². The number of aryl methyl sites for hydroxylation is 1. The highest BCUT2D eigenvalue weighted by Crippen LogP contribution is 2.24. The summed E-state index contributed by atoms with van der Waals surface area (Å²) < 4.78 is 0. The van der Waals surface area contributed by atoms with Crippen LogP contribution < -0.4 is 5.32 Å². The highest BCUT2D eigenvalue weighted by molar-refractivity contribution is 7.99. The first kappa shape index (κ1) is 12.4. The van der Waals surface area contributed by atoms with Crippen molar-refractivity contribution < 1.29 is 0 Å². The lowest BCUT2D eigenvalue weighted by atomic mass is 10.2. The maximum atomic E-state index is 4.27. The van der Waals surface area contributed by atoms with Gasteiger partial charge in [0.25, 0.3) is 0 Å². The molecule has 0 spiro atoms. The van der Waals surface area contributed by atoms with Crippen LogP contribution in [0.3, 0.4) is 0 Å². The molecule has 16 heavy (non-hydrogen) atoms. The molecule has 1 aliphatic heterocycles. The minimum Gasteiger partial charge on any atom is -0.315 e. The van der Waals surface area contributed by atoms with Crippen molar-refractivity contribution in [2.24, 2.45) is 0 Å². The second kappa shape index (κ2) is 6.62. The molecular weight excluding hydrogens is 236 g/mol. The van der Waals surface area contributed by atoms with Crippen LogP contribution in [-0.2, 0) is 6.42 Å². The topological polar surface area (TPSA) is 24.9 Å². The molecule has 4 heteroatoms. The van der Waals surface area contributed by atoms with Crippen molar-refractivity contribution in [2.45, 2.75) is 37.9 Å². The Morgan fingerprint density at radius 2 is 2.44 bits per heavy atom. The molecule has 1 aromatic heterocycles. The summed E-state index contributed by atoms with van der Waals surface area (Å²) in [6.07, 6.45) is 5.37. The molecule has 1 saturated heterocycles. The summed E-state index contributed by atoms with van der Waals surface area (Å²) in [6.45, 7) is 4.38. The highest BCUT2D eigenvalue weighted by Gasteiger charge is 2.12. The van der Waals surface area contributed by atoms with Gasteiger partial charge in [-0.15, -0.1) is 11.3 Å². The highest BCUT2D eigenvalue weighted by atomic mass is 32.2. The molecule has 90 valence electrons. The number of thioether (sulfide) groups is 1. The molecule has 0 aliphatic carbocycles. The molecule has 0 amide bonds. The number of hydrogen-bond donors (Lipinski definition) is 1. The van der Waals surface area contributed by atoms with Gasteiger partial charge < -0.3 is 5.32 Å². The van der Waals surface area contributed by atoms with Gasteiger partial charge in [-0.25, -0.2) is 4.98 Å². The quantitative estimate of drug-likeness (QED) is 0.820. The lowest BCUT2D eigenvalue weighted by Gasteiger charge is -2.21. The van der Waals surface area contributed by atoms with Crippen molar-refractivity contribution in [1.29, 1.82) is 0 Å². The van der Waals surface area contributed by atoms with E-state index >= 15 is 0 Å². The molecule has 2 nitrogen and oxygen atoms in total. The molecule has 1 aliphatic rings. The fraction of sp³-hybridized carbons (Fsp3) is 0.750. The Morgan fingerprint density at radius 3 is 3.12 bits per heavy atom. The first-order valence-corrected chi connectivity index (χ1v) is 8.00. The van der Waals surface area contributed by atoms with Crippen molar-refractivity contribution in [3.05, 3.63) is 16.1 Å². The predicted octanol–water partition coefficient (Wildman–Crippen LogP) is 2.87. The van der Waals surface area contributed by atoms with Crippen LogP contribution in [0.2, 0.25) is 0 Å². The average Bonchev–Trinajstić information content (AvgIpc) is 2.72. The van der Waals surface area contributed by atoms with Crippen LogP contribution in [0.1, 0.15) is 29.8 Å². The molecule has 1 N–H and O–H groups in total. The summed E-state index contributed by atoms with van der Waals surface area (Å²) in [7, 11) is 0. The zero-order chi connectivity index (χ0) is 11.2. The monoisotopic (exact) mass is 256 g/mol. The maximum Gasteiger partial charge on any atom is 0.0797 e. The van der Waals surface area contributed by atoms with Gasteiger partial charge in [-0.2, -0.15) is 11.8 Å². The van der Waals surface area contributed by atoms with Crippen LogP contribution in [0.5, 0.6) is 0 Å². The Labute approximate surface area is 106 Å². The van der Waals surface area contributed by atoms with E-state index in [0.29, 0.717) is 0 Å². The van der Waals surface area contributed by atoms with Gasteiger partial charge >= 0.3 is 0 Å². The Morgan fingerprint density at radius 1 is 1.50 bits per heavy atom. The number of rotatable bonds is 5. The second-order valence-corrected chi connectivity index (χ2v) is 6.65. The first-order valence-electron chi connectivity index (χ1n) is 6.07. The summed E-state index contributed by atoms with van der Waals surface area (Å²) in [6, 6.07) is 0. The molecule has 1 fully saturated rings. The lowest BCUT2D eigenvalue weighted by Crippen LogP contribution is -2.28. The van der Waals surface area contributed by atoms with Gasteiger partial charge in [-0.1, -0.05) is 6.42 Å². The van der Waals surface area contributed by atoms with E-state index in [1.54, 1.807) is 11.3 Å². The zero-order valence-corrected chi connectivity index (χ0v) is 11.5. The van der Waals surface area contributed by atoms with E-state index in [-0.39, 0.29) is 0 Å². The normalized spacial score (nSPS) is 21.2. The van der Waals surface area contributed by atoms with Gasteiger partial charge in [-0.05, 0) is 31.9 Å². The third-order valence-corrected chi connectivity index (χ3v) is 5.41. The van der Waals surface area contributed by atoms with Crippen LogP contribution in [-0.4, -0.2) is 29.1 Å². The van der Waals surface area contributed by atoms with Crippen LogP contribution in [0, 0.1) is 6.92 Å². The third kappa shape index (κ3) is 3.75. The predicted molar refractivity (Wildman–Crippen MR) is 73.5 cm³/mol. The molecule has 0 bridgehead atoms. The summed E-state index contributed by atoms with van der Waals surface area (Å²) >= 11 is 3.92. The molecule has 1 aromatic rings. The fourth-order valence-corrected chi connectivity index (χ4v) is 4.05. The smallest absolute Gasteiger partial charge is 0.0797 e.